The number of thioether (sulfide) groups is 1. The van der Waals surface area contributed by atoms with Gasteiger partial charge in [-0.3, -0.25) is 10.1 Å². The van der Waals surface area contributed by atoms with Crippen molar-refractivity contribution in [3.63, 3.8) is 0 Å². The number of pyridine rings is 1. The minimum atomic E-state index is -1.27. The maximum atomic E-state index is 11.1. The molecule has 6 nitrogen and oxygen atoms in total. The third-order valence-corrected chi connectivity index (χ3v) is 3.10. The molecule has 7 heteroatoms. The second kappa shape index (κ2) is 6.14. The molecule has 2 aromatic heterocycles. The van der Waals surface area contributed by atoms with E-state index in [1.165, 1.54) is 6.08 Å². The third-order valence-electron chi connectivity index (χ3n) is 2.23. The molecular formula is C12H11N4O2S-. The second-order valence-electron chi connectivity index (χ2n) is 3.60. The first kappa shape index (κ1) is 13.3. The van der Waals surface area contributed by atoms with E-state index in [0.29, 0.717) is 23.0 Å². The van der Waals surface area contributed by atoms with Crippen molar-refractivity contribution in [2.45, 2.75) is 18.5 Å². The molecule has 0 unspecified atom stereocenters. The predicted molar refractivity (Wildman–Crippen MR) is 68.8 cm³/mol. The molecule has 0 radical (unpaired) electrons. The number of rotatable bonds is 5. The standard InChI is InChI=1S/C12H12N4O2S/c1-2-10-14-12(16-15-10)19-9(11(17)18)6-8-4-3-5-13-7-8/h3-7H,2H2,1H3,(H,17,18)(H,14,15,16)/p-1/b9-6-. The number of carboxylic acid groups (broad SMARTS) is 1. The summed E-state index contributed by atoms with van der Waals surface area (Å²) in [5.41, 5.74) is 0.681. The Hall–Kier alpha value is -2.15. The first-order valence-electron chi connectivity index (χ1n) is 5.61. The molecule has 19 heavy (non-hydrogen) atoms. The van der Waals surface area contributed by atoms with Crippen LogP contribution >= 0.6 is 11.8 Å². The lowest BCUT2D eigenvalue weighted by Gasteiger charge is -2.05. The molecule has 0 aliphatic heterocycles. The largest absolute Gasteiger partial charge is 0.544 e. The zero-order valence-electron chi connectivity index (χ0n) is 10.2. The van der Waals surface area contributed by atoms with Crippen LogP contribution in [0.3, 0.4) is 0 Å². The molecule has 0 bridgehead atoms. The molecule has 0 amide bonds. The van der Waals surface area contributed by atoms with Crippen molar-refractivity contribution < 1.29 is 9.90 Å². The van der Waals surface area contributed by atoms with Gasteiger partial charge >= 0.3 is 0 Å². The first-order valence-corrected chi connectivity index (χ1v) is 6.43. The van der Waals surface area contributed by atoms with Crippen molar-refractivity contribution in [1.82, 2.24) is 20.2 Å². The van der Waals surface area contributed by atoms with Crippen LogP contribution in [0.2, 0.25) is 0 Å². The fourth-order valence-electron chi connectivity index (χ4n) is 1.32. The number of hydrogen-bond acceptors (Lipinski definition) is 6. The van der Waals surface area contributed by atoms with Gasteiger partial charge in [-0.1, -0.05) is 13.0 Å². The van der Waals surface area contributed by atoms with Crippen molar-refractivity contribution in [1.29, 1.82) is 0 Å². The van der Waals surface area contributed by atoms with Gasteiger partial charge in [0.1, 0.15) is 5.82 Å². The average molecular weight is 275 g/mol. The molecule has 0 atom stereocenters. The van der Waals surface area contributed by atoms with Gasteiger partial charge in [-0.15, -0.1) is 5.10 Å². The van der Waals surface area contributed by atoms with Crippen LogP contribution in [0.5, 0.6) is 0 Å². The number of aromatic nitrogens is 4. The summed E-state index contributed by atoms with van der Waals surface area (Å²) in [6.45, 7) is 1.93. The summed E-state index contributed by atoms with van der Waals surface area (Å²) >= 11 is 0.946. The summed E-state index contributed by atoms with van der Waals surface area (Å²) in [6.07, 6.45) is 5.38. The maximum Gasteiger partial charge on any atom is 0.213 e. The van der Waals surface area contributed by atoms with E-state index >= 15 is 0 Å². The van der Waals surface area contributed by atoms with Crippen LogP contribution in [0.1, 0.15) is 18.3 Å². The Morgan fingerprint density at radius 3 is 3.00 bits per heavy atom. The topological polar surface area (TPSA) is 94.6 Å². The molecule has 2 rings (SSSR count). The minimum Gasteiger partial charge on any atom is -0.544 e. The van der Waals surface area contributed by atoms with E-state index in [2.05, 4.69) is 20.2 Å². The van der Waals surface area contributed by atoms with Gasteiger partial charge in [-0.05, 0) is 29.5 Å². The Bertz CT molecular complexity index is 595. The highest BCUT2D eigenvalue weighted by Gasteiger charge is 2.07. The SMILES string of the molecule is CCc1nc(S/C(=C\c2cccnc2)C(=O)[O-])n[nH]1. The Morgan fingerprint density at radius 2 is 2.42 bits per heavy atom. The number of H-pyrrole nitrogens is 1. The molecule has 98 valence electrons. The highest BCUT2D eigenvalue weighted by atomic mass is 32.2. The fraction of sp³-hybridized carbons (Fsp3) is 0.167. The molecule has 1 N–H and O–H groups in total. The van der Waals surface area contributed by atoms with Crippen LogP contribution in [-0.2, 0) is 11.2 Å². The van der Waals surface area contributed by atoms with Crippen molar-refractivity contribution >= 4 is 23.8 Å². The molecule has 0 aliphatic carbocycles. The summed E-state index contributed by atoms with van der Waals surface area (Å²) in [4.78, 5) is 19.2. The summed E-state index contributed by atoms with van der Waals surface area (Å²) in [6, 6.07) is 3.48. The highest BCUT2D eigenvalue weighted by Crippen LogP contribution is 2.24. The number of aromatic amines is 1. The monoisotopic (exact) mass is 275 g/mol. The number of nitrogens with one attached hydrogen (secondary N) is 1. The van der Waals surface area contributed by atoms with Gasteiger partial charge in [0.2, 0.25) is 5.16 Å². The molecule has 0 spiro atoms. The van der Waals surface area contributed by atoms with Crippen molar-refractivity contribution in [3.8, 4) is 0 Å². The fourth-order valence-corrected chi connectivity index (χ4v) is 2.04. The summed E-state index contributed by atoms with van der Waals surface area (Å²) in [7, 11) is 0. The maximum absolute atomic E-state index is 11.1. The quantitative estimate of drug-likeness (QED) is 0.636. The van der Waals surface area contributed by atoms with Crippen molar-refractivity contribution in [3.05, 3.63) is 40.8 Å². The molecule has 0 aromatic carbocycles. The van der Waals surface area contributed by atoms with Gasteiger partial charge < -0.3 is 9.90 Å². The summed E-state index contributed by atoms with van der Waals surface area (Å²) in [5.74, 6) is -0.557. The normalized spacial score (nSPS) is 11.5. The molecule has 2 heterocycles. The number of carbonyl (C=O) groups excluding carboxylic acids is 1. The average Bonchev–Trinajstić information content (AvgIpc) is 2.87. The zero-order chi connectivity index (χ0) is 13.7. The van der Waals surface area contributed by atoms with Gasteiger partial charge in [0.05, 0.1) is 5.97 Å². The van der Waals surface area contributed by atoms with Crippen LogP contribution in [0.25, 0.3) is 6.08 Å². The molecular weight excluding hydrogens is 264 g/mol. The summed E-state index contributed by atoms with van der Waals surface area (Å²) in [5, 5.41) is 18.1. The van der Waals surface area contributed by atoms with Crippen LogP contribution in [0.15, 0.2) is 34.6 Å². The second-order valence-corrected chi connectivity index (χ2v) is 4.61. The smallest absolute Gasteiger partial charge is 0.213 e. The minimum absolute atomic E-state index is 0.0367. The first-order chi connectivity index (χ1) is 9.19. The van der Waals surface area contributed by atoms with E-state index in [1.807, 2.05) is 6.92 Å². The Labute approximate surface area is 114 Å². The molecule has 0 aliphatic rings. The number of hydrogen-bond donors (Lipinski definition) is 1. The lowest BCUT2D eigenvalue weighted by Crippen LogP contribution is -2.23. The Balaban J connectivity index is 2.21. The lowest BCUT2D eigenvalue weighted by molar-refractivity contribution is -0.297. The molecule has 2 aromatic rings. The van der Waals surface area contributed by atoms with Gasteiger partial charge in [0.15, 0.2) is 0 Å². The zero-order valence-corrected chi connectivity index (χ0v) is 11.0. The number of nitrogens with zero attached hydrogens (tertiary/aromatic N) is 3. The van der Waals surface area contributed by atoms with Crippen LogP contribution in [-0.4, -0.2) is 26.1 Å². The molecule has 0 saturated heterocycles. The van der Waals surface area contributed by atoms with E-state index in [9.17, 15) is 9.90 Å². The van der Waals surface area contributed by atoms with Crippen LogP contribution in [0.4, 0.5) is 0 Å². The van der Waals surface area contributed by atoms with E-state index < -0.39 is 5.97 Å². The summed E-state index contributed by atoms with van der Waals surface area (Å²) < 4.78 is 0. The lowest BCUT2D eigenvalue weighted by atomic mass is 10.2. The van der Waals surface area contributed by atoms with Crippen LogP contribution < -0.4 is 5.11 Å². The van der Waals surface area contributed by atoms with E-state index in [-0.39, 0.29) is 4.91 Å². The predicted octanol–water partition coefficient (Wildman–Crippen LogP) is 0.645. The Kier molecular flexibility index (Phi) is 4.30. The van der Waals surface area contributed by atoms with Gasteiger partial charge in [0, 0.05) is 23.7 Å². The van der Waals surface area contributed by atoms with E-state index in [1.54, 1.807) is 24.5 Å². The van der Waals surface area contributed by atoms with E-state index in [0.717, 1.165) is 11.8 Å². The van der Waals surface area contributed by atoms with Gasteiger partial charge in [0.25, 0.3) is 0 Å². The van der Waals surface area contributed by atoms with Crippen molar-refractivity contribution in [2.75, 3.05) is 0 Å². The Morgan fingerprint density at radius 1 is 1.58 bits per heavy atom. The third kappa shape index (κ3) is 3.65. The molecule has 0 saturated carbocycles. The van der Waals surface area contributed by atoms with Gasteiger partial charge in [-0.2, -0.15) is 0 Å². The molecule has 0 fully saturated rings. The number of aliphatic carboxylic acids is 1. The highest BCUT2D eigenvalue weighted by molar-refractivity contribution is 8.04. The van der Waals surface area contributed by atoms with Crippen molar-refractivity contribution in [2.24, 2.45) is 0 Å². The van der Waals surface area contributed by atoms with Crippen LogP contribution in [0, 0.1) is 0 Å². The number of aryl methyl sites for hydroxylation is 1. The number of carboxylic acids is 1. The van der Waals surface area contributed by atoms with E-state index in [4.69, 9.17) is 0 Å². The van der Waals surface area contributed by atoms with Gasteiger partial charge in [-0.25, -0.2) is 4.98 Å². The number of carbonyl (C=O) groups is 1.